The first kappa shape index (κ1) is 25.5. The Bertz CT molecular complexity index is 1660. The number of benzene rings is 4. The third-order valence-electron chi connectivity index (χ3n) is 7.71. The monoisotopic (exact) mass is 526 g/mol. The Morgan fingerprint density at radius 2 is 1.44 bits per heavy atom. The van der Waals surface area contributed by atoms with Gasteiger partial charge in [-0.1, -0.05) is 101 Å². The normalized spacial score (nSPS) is 13.8. The SMILES string of the molecule is CC(C)(C)c1cc(Sc2cccc(-c3cccc4c3Nc3ccccc3C4(C)C)c2)cc(-c2ccccn2)c1. The van der Waals surface area contributed by atoms with Crippen LogP contribution in [0.3, 0.4) is 0 Å². The Morgan fingerprint density at radius 3 is 2.23 bits per heavy atom. The highest BCUT2D eigenvalue weighted by Crippen LogP contribution is 2.49. The highest BCUT2D eigenvalue weighted by Gasteiger charge is 2.33. The molecule has 0 amide bonds. The minimum Gasteiger partial charge on any atom is -0.355 e. The standard InChI is InChI=1S/C36H34N2S/c1-35(2,3)26-20-25(32-17-8-9-19-37-32)22-28(23-26)39-27-13-10-12-24(21-27)29-14-11-16-31-34(29)38-33-18-7-6-15-30(33)36(31,4)5/h6-23,38H,1-5H3. The van der Waals surface area contributed by atoms with Gasteiger partial charge in [0.15, 0.2) is 0 Å². The molecule has 0 bridgehead atoms. The van der Waals surface area contributed by atoms with Gasteiger partial charge in [-0.05, 0) is 76.2 Å². The van der Waals surface area contributed by atoms with E-state index in [9.17, 15) is 0 Å². The van der Waals surface area contributed by atoms with E-state index in [-0.39, 0.29) is 10.8 Å². The van der Waals surface area contributed by atoms with Crippen molar-refractivity contribution in [2.75, 3.05) is 5.32 Å². The Labute approximate surface area is 236 Å². The van der Waals surface area contributed by atoms with Gasteiger partial charge < -0.3 is 5.32 Å². The zero-order chi connectivity index (χ0) is 27.2. The third-order valence-corrected chi connectivity index (χ3v) is 8.67. The van der Waals surface area contributed by atoms with Gasteiger partial charge in [0, 0.05) is 38.2 Å². The Morgan fingerprint density at radius 1 is 0.692 bits per heavy atom. The number of fused-ring (bicyclic) bond motifs is 2. The molecule has 0 aliphatic carbocycles. The van der Waals surface area contributed by atoms with Gasteiger partial charge in [-0.25, -0.2) is 0 Å². The van der Waals surface area contributed by atoms with E-state index < -0.39 is 0 Å². The van der Waals surface area contributed by atoms with Crippen LogP contribution in [0.5, 0.6) is 0 Å². The molecule has 39 heavy (non-hydrogen) atoms. The molecule has 0 saturated heterocycles. The Kier molecular flexibility index (Phi) is 6.35. The molecule has 1 N–H and O–H groups in total. The van der Waals surface area contributed by atoms with E-state index in [1.165, 1.54) is 49.0 Å². The zero-order valence-electron chi connectivity index (χ0n) is 23.2. The van der Waals surface area contributed by atoms with Crippen LogP contribution in [-0.4, -0.2) is 4.98 Å². The minimum absolute atomic E-state index is 0.0415. The van der Waals surface area contributed by atoms with E-state index >= 15 is 0 Å². The lowest BCUT2D eigenvalue weighted by Gasteiger charge is -2.36. The molecule has 2 heterocycles. The average Bonchev–Trinajstić information content (AvgIpc) is 2.93. The third kappa shape index (κ3) is 4.88. The predicted octanol–water partition coefficient (Wildman–Crippen LogP) is 10.2. The van der Waals surface area contributed by atoms with Gasteiger partial charge in [0.25, 0.3) is 0 Å². The van der Waals surface area contributed by atoms with E-state index in [2.05, 4.69) is 142 Å². The van der Waals surface area contributed by atoms with Crippen molar-refractivity contribution in [1.82, 2.24) is 4.98 Å². The highest BCUT2D eigenvalue weighted by atomic mass is 32.2. The number of hydrogen-bond donors (Lipinski definition) is 1. The van der Waals surface area contributed by atoms with Gasteiger partial charge in [-0.15, -0.1) is 0 Å². The van der Waals surface area contributed by atoms with E-state index in [4.69, 9.17) is 0 Å². The van der Waals surface area contributed by atoms with Crippen molar-refractivity contribution in [2.45, 2.75) is 55.2 Å². The van der Waals surface area contributed by atoms with Crippen molar-refractivity contribution in [1.29, 1.82) is 0 Å². The number of rotatable bonds is 4. The second kappa shape index (κ2) is 9.73. The van der Waals surface area contributed by atoms with Crippen LogP contribution in [-0.2, 0) is 10.8 Å². The molecule has 1 aliphatic heterocycles. The molecule has 0 saturated carbocycles. The lowest BCUT2D eigenvalue weighted by atomic mass is 9.73. The molecule has 6 rings (SSSR count). The lowest BCUT2D eigenvalue weighted by Crippen LogP contribution is -2.26. The summed E-state index contributed by atoms with van der Waals surface area (Å²) in [4.78, 5) is 7.07. The summed E-state index contributed by atoms with van der Waals surface area (Å²) in [5, 5.41) is 3.77. The quantitative estimate of drug-likeness (QED) is 0.252. The fourth-order valence-corrected chi connectivity index (χ4v) is 6.48. The number of anilines is 2. The molecule has 3 heteroatoms. The number of nitrogens with one attached hydrogen (secondary N) is 1. The van der Waals surface area contributed by atoms with Crippen LogP contribution < -0.4 is 5.32 Å². The van der Waals surface area contributed by atoms with E-state index in [1.54, 1.807) is 0 Å². The van der Waals surface area contributed by atoms with Gasteiger partial charge >= 0.3 is 0 Å². The molecule has 0 atom stereocenters. The highest BCUT2D eigenvalue weighted by molar-refractivity contribution is 7.99. The fourth-order valence-electron chi connectivity index (χ4n) is 5.50. The zero-order valence-corrected chi connectivity index (χ0v) is 24.1. The van der Waals surface area contributed by atoms with Crippen LogP contribution in [0.1, 0.15) is 51.3 Å². The van der Waals surface area contributed by atoms with Gasteiger partial charge in [0.05, 0.1) is 11.4 Å². The largest absolute Gasteiger partial charge is 0.355 e. The molecule has 0 spiro atoms. The Balaban J connectivity index is 1.39. The fraction of sp³-hybridized carbons (Fsp3) is 0.194. The minimum atomic E-state index is -0.0746. The van der Waals surface area contributed by atoms with Crippen LogP contribution in [0.25, 0.3) is 22.4 Å². The summed E-state index contributed by atoms with van der Waals surface area (Å²) in [5.41, 5.74) is 10.9. The number of hydrogen-bond acceptors (Lipinski definition) is 3. The van der Waals surface area contributed by atoms with Crippen LogP contribution >= 0.6 is 11.8 Å². The summed E-state index contributed by atoms with van der Waals surface area (Å²) in [6.07, 6.45) is 1.86. The summed E-state index contributed by atoms with van der Waals surface area (Å²) in [6.45, 7) is 11.5. The van der Waals surface area contributed by atoms with Gasteiger partial charge in [0.2, 0.25) is 0 Å². The molecule has 0 unspecified atom stereocenters. The summed E-state index contributed by atoms with van der Waals surface area (Å²) in [7, 11) is 0. The molecule has 194 valence electrons. The van der Waals surface area contributed by atoms with Crippen LogP contribution in [0.15, 0.2) is 119 Å². The maximum Gasteiger partial charge on any atom is 0.0702 e. The molecule has 5 aromatic rings. The van der Waals surface area contributed by atoms with Crippen molar-refractivity contribution >= 4 is 23.1 Å². The molecular formula is C36H34N2S. The second-order valence-corrected chi connectivity index (χ2v) is 13.0. The average molecular weight is 527 g/mol. The number of aromatic nitrogens is 1. The van der Waals surface area contributed by atoms with Crippen LogP contribution in [0.4, 0.5) is 11.4 Å². The van der Waals surface area contributed by atoms with Crippen molar-refractivity contribution in [3.05, 3.63) is 126 Å². The summed E-state index contributed by atoms with van der Waals surface area (Å²) in [6, 6.07) is 37.3. The van der Waals surface area contributed by atoms with Gasteiger partial charge in [0.1, 0.15) is 0 Å². The Hall–Kier alpha value is -3.82. The van der Waals surface area contributed by atoms with Crippen molar-refractivity contribution in [3.8, 4) is 22.4 Å². The van der Waals surface area contributed by atoms with Gasteiger partial charge in [-0.2, -0.15) is 0 Å². The van der Waals surface area contributed by atoms with E-state index in [0.29, 0.717) is 0 Å². The van der Waals surface area contributed by atoms with Crippen molar-refractivity contribution < 1.29 is 0 Å². The van der Waals surface area contributed by atoms with E-state index in [1.807, 2.05) is 24.0 Å². The summed E-state index contributed by atoms with van der Waals surface area (Å²) >= 11 is 1.81. The molecule has 0 fully saturated rings. The summed E-state index contributed by atoms with van der Waals surface area (Å²) in [5.74, 6) is 0. The van der Waals surface area contributed by atoms with Gasteiger partial charge in [-0.3, -0.25) is 4.98 Å². The molecule has 4 aromatic carbocycles. The smallest absolute Gasteiger partial charge is 0.0702 e. The molecule has 1 aromatic heterocycles. The predicted molar refractivity (Wildman–Crippen MR) is 166 cm³/mol. The lowest BCUT2D eigenvalue weighted by molar-refractivity contribution is 0.589. The van der Waals surface area contributed by atoms with Crippen molar-refractivity contribution in [2.24, 2.45) is 0 Å². The molecule has 1 aliphatic rings. The van der Waals surface area contributed by atoms with Crippen LogP contribution in [0.2, 0.25) is 0 Å². The van der Waals surface area contributed by atoms with E-state index in [0.717, 1.165) is 11.3 Å². The topological polar surface area (TPSA) is 24.9 Å². The molecular weight excluding hydrogens is 492 g/mol. The summed E-state index contributed by atoms with van der Waals surface area (Å²) < 4.78 is 0. The number of pyridine rings is 1. The van der Waals surface area contributed by atoms with Crippen molar-refractivity contribution in [3.63, 3.8) is 0 Å². The maximum absolute atomic E-state index is 4.63. The first-order valence-electron chi connectivity index (χ1n) is 13.6. The number of para-hydroxylation sites is 2. The maximum atomic E-state index is 4.63. The first-order chi connectivity index (χ1) is 18.7. The second-order valence-electron chi connectivity index (χ2n) is 11.9. The number of nitrogens with zero attached hydrogens (tertiary/aromatic N) is 1. The van der Waals surface area contributed by atoms with Crippen LogP contribution in [0, 0.1) is 0 Å². The molecule has 2 nitrogen and oxygen atoms in total. The molecule has 0 radical (unpaired) electrons. The first-order valence-corrected chi connectivity index (χ1v) is 14.4.